The van der Waals surface area contributed by atoms with Crippen LogP contribution in [0, 0.1) is 0 Å². The molecule has 156 valence electrons. The number of hydrogen-bond donors (Lipinski definition) is 1. The summed E-state index contributed by atoms with van der Waals surface area (Å²) in [6, 6.07) is -0.949. The average molecular weight is 397 g/mol. The van der Waals surface area contributed by atoms with E-state index in [2.05, 4.69) is 22.0 Å². The molecule has 1 N–H and O–H groups in total. The Morgan fingerprint density at radius 2 is 1.89 bits per heavy atom. The maximum Gasteiger partial charge on any atom is 0.331 e. The number of carbonyl (C=O) groups excluding carboxylic acids is 4. The van der Waals surface area contributed by atoms with E-state index < -0.39 is 18.0 Å². The Bertz CT molecular complexity index is 582. The molecule has 10 heteroatoms. The summed E-state index contributed by atoms with van der Waals surface area (Å²) in [6.45, 7) is 6.68. The van der Waals surface area contributed by atoms with Crippen molar-refractivity contribution in [2.24, 2.45) is 9.98 Å². The molecule has 0 aromatic heterocycles. The molecule has 0 spiro atoms. The zero-order valence-corrected chi connectivity index (χ0v) is 16.1. The highest BCUT2D eigenvalue weighted by atomic mass is 16.6. The van der Waals surface area contributed by atoms with Gasteiger partial charge in [-0.3, -0.25) is 9.63 Å². The van der Waals surface area contributed by atoms with Crippen LogP contribution in [0.25, 0.3) is 0 Å². The minimum atomic E-state index is -0.949. The van der Waals surface area contributed by atoms with Crippen molar-refractivity contribution in [1.82, 2.24) is 5.48 Å². The average Bonchev–Trinajstić information content (AvgIpc) is 2.66. The van der Waals surface area contributed by atoms with Crippen LogP contribution in [0.4, 0.5) is 0 Å². The van der Waals surface area contributed by atoms with Gasteiger partial charge in [0.25, 0.3) is 0 Å². The summed E-state index contributed by atoms with van der Waals surface area (Å²) >= 11 is 0. The third-order valence-electron chi connectivity index (χ3n) is 3.20. The number of unbranched alkanes of at least 4 members (excludes halogenated alkanes) is 1. The van der Waals surface area contributed by atoms with E-state index in [1.807, 2.05) is 6.92 Å². The number of isocyanates is 2. The first kappa shape index (κ1) is 25.4. The van der Waals surface area contributed by atoms with Crippen LogP contribution in [-0.4, -0.2) is 63.1 Å². The van der Waals surface area contributed by atoms with Crippen molar-refractivity contribution < 1.29 is 33.5 Å². The van der Waals surface area contributed by atoms with Gasteiger partial charge < -0.3 is 9.47 Å². The van der Waals surface area contributed by atoms with E-state index in [9.17, 15) is 19.2 Å². The first-order valence-corrected chi connectivity index (χ1v) is 8.93. The fourth-order valence-electron chi connectivity index (χ4n) is 1.88. The first-order chi connectivity index (χ1) is 13.5. The molecule has 0 fully saturated rings. The van der Waals surface area contributed by atoms with Gasteiger partial charge in [0.15, 0.2) is 6.04 Å². The van der Waals surface area contributed by atoms with Crippen molar-refractivity contribution in [2.75, 3.05) is 32.9 Å². The molecular weight excluding hydrogens is 370 g/mol. The lowest BCUT2D eigenvalue weighted by molar-refractivity contribution is -0.148. The Hall–Kier alpha value is -2.64. The monoisotopic (exact) mass is 397 g/mol. The van der Waals surface area contributed by atoms with Crippen LogP contribution in [0.1, 0.15) is 39.0 Å². The molecule has 0 saturated carbocycles. The molecule has 10 nitrogen and oxygen atoms in total. The zero-order valence-electron chi connectivity index (χ0n) is 16.1. The molecule has 0 aromatic carbocycles. The Balaban J connectivity index is 3.85. The molecule has 28 heavy (non-hydrogen) atoms. The molecule has 0 heterocycles. The number of hydrogen-bond acceptors (Lipinski definition) is 10. The Morgan fingerprint density at radius 3 is 2.57 bits per heavy atom. The van der Waals surface area contributed by atoms with Crippen LogP contribution in [-0.2, 0) is 33.5 Å². The third kappa shape index (κ3) is 15.6. The SMILES string of the molecule is C=C(C)CONCCOC(=O)CCCOC(=O)C(CCCCN=C=O)N=C=O. The van der Waals surface area contributed by atoms with E-state index in [1.54, 1.807) is 0 Å². The van der Waals surface area contributed by atoms with Crippen LogP contribution >= 0.6 is 0 Å². The van der Waals surface area contributed by atoms with E-state index in [1.165, 1.54) is 12.2 Å². The number of nitrogens with one attached hydrogen (secondary N) is 1. The van der Waals surface area contributed by atoms with Crippen LogP contribution in [0.5, 0.6) is 0 Å². The van der Waals surface area contributed by atoms with Crippen LogP contribution in [0.15, 0.2) is 22.1 Å². The molecule has 0 aromatic rings. The minimum Gasteiger partial charge on any atom is -0.464 e. The van der Waals surface area contributed by atoms with E-state index in [0.717, 1.165) is 5.57 Å². The highest BCUT2D eigenvalue weighted by Gasteiger charge is 2.18. The van der Waals surface area contributed by atoms with Crippen LogP contribution < -0.4 is 5.48 Å². The number of ether oxygens (including phenoxy) is 2. The second-order valence-corrected chi connectivity index (χ2v) is 5.84. The molecule has 0 aliphatic carbocycles. The lowest BCUT2D eigenvalue weighted by atomic mass is 10.1. The first-order valence-electron chi connectivity index (χ1n) is 8.93. The summed E-state index contributed by atoms with van der Waals surface area (Å²) in [5.41, 5.74) is 3.50. The topological polar surface area (TPSA) is 133 Å². The second-order valence-electron chi connectivity index (χ2n) is 5.84. The summed E-state index contributed by atoms with van der Waals surface area (Å²) in [7, 11) is 0. The van der Waals surface area contributed by atoms with Crippen LogP contribution in [0.3, 0.4) is 0 Å². The zero-order chi connectivity index (χ0) is 21.0. The van der Waals surface area contributed by atoms with Crippen molar-refractivity contribution in [3.63, 3.8) is 0 Å². The largest absolute Gasteiger partial charge is 0.464 e. The van der Waals surface area contributed by atoms with Gasteiger partial charge in [-0.05, 0) is 32.6 Å². The quantitative estimate of drug-likeness (QED) is 0.0965. The molecule has 0 rings (SSSR count). The van der Waals surface area contributed by atoms with Gasteiger partial charge in [0, 0.05) is 6.42 Å². The van der Waals surface area contributed by atoms with Gasteiger partial charge in [-0.1, -0.05) is 12.2 Å². The molecule has 0 aliphatic rings. The Morgan fingerprint density at radius 1 is 1.11 bits per heavy atom. The number of esters is 2. The standard InChI is InChI=1S/C18H27N3O7/c1-15(2)12-28-21-9-11-26-17(24)7-5-10-27-18(25)16(20-14-23)6-3-4-8-19-13-22/h16,21H,1,3-12H2,2H3. The Kier molecular flexibility index (Phi) is 16.1. The summed E-state index contributed by atoms with van der Waals surface area (Å²) in [5, 5.41) is 0. The smallest absolute Gasteiger partial charge is 0.331 e. The molecule has 0 saturated heterocycles. The maximum atomic E-state index is 11.9. The summed E-state index contributed by atoms with van der Waals surface area (Å²) in [5.74, 6) is -1.08. The fourth-order valence-corrected chi connectivity index (χ4v) is 1.88. The number of aliphatic imine (C=N–C) groups is 2. The van der Waals surface area contributed by atoms with Crippen LogP contribution in [0.2, 0.25) is 0 Å². The predicted molar refractivity (Wildman–Crippen MR) is 98.7 cm³/mol. The van der Waals surface area contributed by atoms with Crippen molar-refractivity contribution in [1.29, 1.82) is 0 Å². The van der Waals surface area contributed by atoms with Crippen molar-refractivity contribution in [2.45, 2.75) is 45.1 Å². The van der Waals surface area contributed by atoms with Gasteiger partial charge in [0.2, 0.25) is 12.2 Å². The Labute approximate surface area is 164 Å². The molecular formula is C18H27N3O7. The van der Waals surface area contributed by atoms with Gasteiger partial charge in [0.1, 0.15) is 6.61 Å². The van der Waals surface area contributed by atoms with Gasteiger partial charge in [-0.2, -0.15) is 10.5 Å². The summed E-state index contributed by atoms with van der Waals surface area (Å²) < 4.78 is 10.00. The van der Waals surface area contributed by atoms with Gasteiger partial charge in [-0.15, -0.1) is 0 Å². The van der Waals surface area contributed by atoms with Crippen molar-refractivity contribution in [3.05, 3.63) is 12.2 Å². The van der Waals surface area contributed by atoms with E-state index in [0.29, 0.717) is 32.5 Å². The minimum absolute atomic E-state index is 0.00815. The van der Waals surface area contributed by atoms with Gasteiger partial charge in [-0.25, -0.2) is 19.4 Å². The predicted octanol–water partition coefficient (Wildman–Crippen LogP) is 1.16. The molecule has 0 amide bonds. The van der Waals surface area contributed by atoms with E-state index in [-0.39, 0.29) is 32.5 Å². The lowest BCUT2D eigenvalue weighted by Gasteiger charge is -2.10. The lowest BCUT2D eigenvalue weighted by Crippen LogP contribution is -2.23. The highest BCUT2D eigenvalue weighted by molar-refractivity contribution is 5.77. The van der Waals surface area contributed by atoms with Gasteiger partial charge >= 0.3 is 11.9 Å². The fraction of sp³-hybridized carbons (Fsp3) is 0.667. The number of carbonyl (C=O) groups is 2. The molecule has 0 aliphatic heterocycles. The maximum absolute atomic E-state index is 11.9. The van der Waals surface area contributed by atoms with Gasteiger partial charge in [0.05, 0.1) is 26.3 Å². The number of hydroxylamine groups is 1. The molecule has 0 radical (unpaired) electrons. The van der Waals surface area contributed by atoms with Crippen molar-refractivity contribution >= 4 is 24.1 Å². The van der Waals surface area contributed by atoms with E-state index >= 15 is 0 Å². The normalized spacial score (nSPS) is 10.9. The van der Waals surface area contributed by atoms with E-state index in [4.69, 9.17) is 14.3 Å². The molecule has 1 unspecified atom stereocenters. The number of rotatable bonds is 17. The molecule has 1 atom stereocenters. The summed E-state index contributed by atoms with van der Waals surface area (Å²) in [6.07, 6.45) is 4.52. The highest BCUT2D eigenvalue weighted by Crippen LogP contribution is 2.07. The second kappa shape index (κ2) is 17.8. The molecule has 0 bridgehead atoms. The third-order valence-corrected chi connectivity index (χ3v) is 3.20. The summed E-state index contributed by atoms with van der Waals surface area (Å²) in [4.78, 5) is 55.7. The number of nitrogens with zero attached hydrogens (tertiary/aromatic N) is 2. The van der Waals surface area contributed by atoms with Crippen molar-refractivity contribution in [3.8, 4) is 0 Å².